The monoisotopic (exact) mass is 420 g/mol. The Labute approximate surface area is 183 Å². The van der Waals surface area contributed by atoms with Gasteiger partial charge in [-0.2, -0.15) is 0 Å². The third-order valence-electron chi connectivity index (χ3n) is 10.8. The minimum absolute atomic E-state index is 0.0508. The molecule has 0 saturated heterocycles. The number of fused-ring (bicyclic) bond motifs is 5. The lowest BCUT2D eigenvalue weighted by atomic mass is 9.44. The lowest BCUT2D eigenvalue weighted by molar-refractivity contribution is -0.261. The molecular formula is C26H44O4. The number of hydrogen-bond acceptors (Lipinski definition) is 4. The normalized spacial score (nSPS) is 44.6. The molecule has 0 aromatic heterocycles. The van der Waals surface area contributed by atoms with E-state index in [0.717, 1.165) is 48.9 Å². The summed E-state index contributed by atoms with van der Waals surface area (Å²) < 4.78 is 16.6. The summed E-state index contributed by atoms with van der Waals surface area (Å²) >= 11 is 0. The van der Waals surface area contributed by atoms with Crippen molar-refractivity contribution in [2.75, 3.05) is 21.3 Å². The predicted molar refractivity (Wildman–Crippen MR) is 118 cm³/mol. The minimum Gasteiger partial charge on any atom is -0.469 e. The Bertz CT molecular complexity index is 629. The maximum Gasteiger partial charge on any atom is 0.305 e. The van der Waals surface area contributed by atoms with Crippen LogP contribution in [0.3, 0.4) is 0 Å². The van der Waals surface area contributed by atoms with Gasteiger partial charge in [0.25, 0.3) is 0 Å². The summed E-state index contributed by atoms with van der Waals surface area (Å²) in [6.45, 7) is 5.20. The summed E-state index contributed by atoms with van der Waals surface area (Å²) in [5.41, 5.74) is 0.936. The SMILES string of the molecule is COC(=O)CCCC1CCC2C3CCC4CC(OC)(OC)CCC4(C)C3CCC12C. The molecule has 4 fully saturated rings. The summed E-state index contributed by atoms with van der Waals surface area (Å²) in [6.07, 6.45) is 14.4. The van der Waals surface area contributed by atoms with Gasteiger partial charge in [0.1, 0.15) is 0 Å². The van der Waals surface area contributed by atoms with Crippen LogP contribution in [-0.4, -0.2) is 33.1 Å². The Morgan fingerprint density at radius 1 is 0.867 bits per heavy atom. The van der Waals surface area contributed by atoms with Gasteiger partial charge in [-0.3, -0.25) is 4.79 Å². The topological polar surface area (TPSA) is 44.8 Å². The molecule has 0 bridgehead atoms. The molecular weight excluding hydrogens is 376 g/mol. The molecule has 0 aliphatic heterocycles. The molecule has 30 heavy (non-hydrogen) atoms. The largest absolute Gasteiger partial charge is 0.469 e. The van der Waals surface area contributed by atoms with Gasteiger partial charge < -0.3 is 14.2 Å². The van der Waals surface area contributed by atoms with E-state index in [4.69, 9.17) is 14.2 Å². The standard InChI is InChI=1S/C26H44O4/c1-24-14-13-22-20(21(24)12-10-18(24)7-6-8-23(27)28-3)11-9-19-17-26(29-4,30-5)16-15-25(19,22)2/h18-22H,6-17H2,1-5H3. The minimum atomic E-state index is -0.349. The number of carbonyl (C=O) groups excluding carboxylic acids is 1. The maximum atomic E-state index is 11.6. The smallest absolute Gasteiger partial charge is 0.305 e. The Balaban J connectivity index is 1.45. The van der Waals surface area contributed by atoms with Crippen LogP contribution in [0.25, 0.3) is 0 Å². The molecule has 172 valence electrons. The number of methoxy groups -OCH3 is 3. The van der Waals surface area contributed by atoms with Crippen molar-refractivity contribution in [3.63, 3.8) is 0 Å². The van der Waals surface area contributed by atoms with Crippen molar-refractivity contribution >= 4 is 5.97 Å². The van der Waals surface area contributed by atoms with E-state index in [1.807, 2.05) is 14.2 Å². The number of ether oxygens (including phenoxy) is 3. The van der Waals surface area contributed by atoms with Gasteiger partial charge in [-0.15, -0.1) is 0 Å². The maximum absolute atomic E-state index is 11.6. The molecule has 4 saturated carbocycles. The molecule has 0 spiro atoms. The first-order valence-electron chi connectivity index (χ1n) is 12.5. The molecule has 7 atom stereocenters. The Morgan fingerprint density at radius 3 is 2.30 bits per heavy atom. The van der Waals surface area contributed by atoms with Crippen molar-refractivity contribution < 1.29 is 19.0 Å². The summed E-state index contributed by atoms with van der Waals surface area (Å²) in [5, 5.41) is 0. The fraction of sp³-hybridized carbons (Fsp3) is 0.962. The first-order valence-corrected chi connectivity index (χ1v) is 12.5. The van der Waals surface area contributed by atoms with E-state index in [2.05, 4.69) is 13.8 Å². The van der Waals surface area contributed by atoms with Crippen LogP contribution in [0, 0.1) is 40.4 Å². The van der Waals surface area contributed by atoms with Gasteiger partial charge in [0.15, 0.2) is 5.79 Å². The average Bonchev–Trinajstić information content (AvgIpc) is 3.09. The van der Waals surface area contributed by atoms with Crippen LogP contribution in [-0.2, 0) is 19.0 Å². The third-order valence-corrected chi connectivity index (χ3v) is 10.8. The van der Waals surface area contributed by atoms with Crippen LogP contribution in [0.1, 0.15) is 90.9 Å². The number of esters is 1. The van der Waals surface area contributed by atoms with Gasteiger partial charge in [-0.25, -0.2) is 0 Å². The van der Waals surface area contributed by atoms with E-state index in [9.17, 15) is 4.79 Å². The molecule has 0 amide bonds. The summed E-state index contributed by atoms with van der Waals surface area (Å²) in [7, 11) is 5.15. The van der Waals surface area contributed by atoms with E-state index in [-0.39, 0.29) is 11.8 Å². The molecule has 0 N–H and O–H groups in total. The first-order chi connectivity index (χ1) is 14.3. The van der Waals surface area contributed by atoms with Crippen LogP contribution in [0.15, 0.2) is 0 Å². The molecule has 4 aliphatic rings. The second kappa shape index (κ2) is 8.39. The van der Waals surface area contributed by atoms with E-state index >= 15 is 0 Å². The average molecular weight is 421 g/mol. The molecule has 4 rings (SSSR count). The van der Waals surface area contributed by atoms with Crippen molar-refractivity contribution in [1.82, 2.24) is 0 Å². The number of rotatable bonds is 6. The lowest BCUT2D eigenvalue weighted by Gasteiger charge is -2.62. The molecule has 0 aromatic carbocycles. The van der Waals surface area contributed by atoms with Crippen molar-refractivity contribution in [3.05, 3.63) is 0 Å². The highest BCUT2D eigenvalue weighted by atomic mass is 16.7. The van der Waals surface area contributed by atoms with E-state index < -0.39 is 0 Å². The van der Waals surface area contributed by atoms with Crippen LogP contribution in [0.4, 0.5) is 0 Å². The zero-order valence-corrected chi connectivity index (χ0v) is 20.0. The number of carbonyl (C=O) groups is 1. The van der Waals surface area contributed by atoms with Crippen LogP contribution < -0.4 is 0 Å². The highest BCUT2D eigenvalue weighted by Crippen LogP contribution is 2.68. The van der Waals surface area contributed by atoms with Gasteiger partial charge in [0.05, 0.1) is 7.11 Å². The fourth-order valence-corrected chi connectivity index (χ4v) is 8.83. The van der Waals surface area contributed by atoms with Gasteiger partial charge in [-0.1, -0.05) is 13.8 Å². The van der Waals surface area contributed by atoms with Gasteiger partial charge in [0, 0.05) is 33.5 Å². The third kappa shape index (κ3) is 3.54. The van der Waals surface area contributed by atoms with Crippen molar-refractivity contribution in [3.8, 4) is 0 Å². The zero-order chi connectivity index (χ0) is 21.6. The fourth-order valence-electron chi connectivity index (χ4n) is 8.83. The summed E-state index contributed by atoms with van der Waals surface area (Å²) in [5.74, 6) is 3.77. The van der Waals surface area contributed by atoms with E-state index in [1.54, 1.807) is 0 Å². The molecule has 4 nitrogen and oxygen atoms in total. The van der Waals surface area contributed by atoms with Crippen LogP contribution in [0.2, 0.25) is 0 Å². The number of hydrogen-bond donors (Lipinski definition) is 0. The van der Waals surface area contributed by atoms with Crippen molar-refractivity contribution in [2.24, 2.45) is 40.4 Å². The Morgan fingerprint density at radius 2 is 1.60 bits per heavy atom. The molecule has 4 heteroatoms. The summed E-state index contributed by atoms with van der Waals surface area (Å²) in [4.78, 5) is 11.6. The van der Waals surface area contributed by atoms with Crippen molar-refractivity contribution in [1.29, 1.82) is 0 Å². The van der Waals surface area contributed by atoms with E-state index in [1.165, 1.54) is 58.5 Å². The Kier molecular flexibility index (Phi) is 6.31. The second-order valence-corrected chi connectivity index (χ2v) is 11.5. The second-order valence-electron chi connectivity index (χ2n) is 11.5. The highest BCUT2D eigenvalue weighted by molar-refractivity contribution is 5.68. The molecule has 4 aliphatic carbocycles. The van der Waals surface area contributed by atoms with E-state index in [0.29, 0.717) is 17.3 Å². The van der Waals surface area contributed by atoms with Gasteiger partial charge in [-0.05, 0) is 98.2 Å². The highest BCUT2D eigenvalue weighted by Gasteiger charge is 2.61. The summed E-state index contributed by atoms with van der Waals surface area (Å²) in [6, 6.07) is 0. The zero-order valence-electron chi connectivity index (χ0n) is 20.0. The van der Waals surface area contributed by atoms with Crippen LogP contribution >= 0.6 is 0 Å². The first kappa shape index (κ1) is 22.6. The Hall–Kier alpha value is -0.610. The van der Waals surface area contributed by atoms with Crippen molar-refractivity contribution in [2.45, 2.75) is 96.7 Å². The molecule has 0 heterocycles. The predicted octanol–water partition coefficient (Wildman–Crippen LogP) is 5.98. The molecule has 0 radical (unpaired) electrons. The van der Waals surface area contributed by atoms with Crippen LogP contribution in [0.5, 0.6) is 0 Å². The van der Waals surface area contributed by atoms with Gasteiger partial charge in [0.2, 0.25) is 0 Å². The molecule has 0 aromatic rings. The lowest BCUT2D eigenvalue weighted by Crippen LogP contribution is -2.56. The molecule has 7 unspecified atom stereocenters. The van der Waals surface area contributed by atoms with Gasteiger partial charge >= 0.3 is 5.97 Å². The quantitative estimate of drug-likeness (QED) is 0.392.